The number of rotatable bonds is 6. The maximum Gasteiger partial charge on any atom is 0.159 e. The fraction of sp³-hybridized carbons (Fsp3) is 0.0357. The molecule has 0 saturated carbocycles. The van der Waals surface area contributed by atoms with Crippen LogP contribution in [0.1, 0.15) is 0 Å². The van der Waals surface area contributed by atoms with Gasteiger partial charge in [-0.3, -0.25) is 0 Å². The van der Waals surface area contributed by atoms with Gasteiger partial charge in [-0.1, -0.05) is 65.7 Å². The Bertz CT molecular complexity index is 1660. The van der Waals surface area contributed by atoms with E-state index in [-0.39, 0.29) is 12.5 Å². The Kier molecular flexibility index (Phi) is 5.68. The Morgan fingerprint density at radius 3 is 2.47 bits per heavy atom. The molecule has 5 aromatic carbocycles. The van der Waals surface area contributed by atoms with Crippen LogP contribution < -0.4 is 20.7 Å². The number of aromatic hydroxyl groups is 1. The number of phenolic OH excluding ortho intramolecular Hbond substituents is 1. The molecule has 4 N–H and O–H groups in total. The van der Waals surface area contributed by atoms with Crippen molar-refractivity contribution >= 4 is 79.5 Å². The summed E-state index contributed by atoms with van der Waals surface area (Å²) in [5.41, 5.74) is 4.03. The minimum Gasteiger partial charge on any atom is -0.507 e. The van der Waals surface area contributed by atoms with Gasteiger partial charge in [-0.25, -0.2) is 4.99 Å². The van der Waals surface area contributed by atoms with Gasteiger partial charge in [0, 0.05) is 32.9 Å². The van der Waals surface area contributed by atoms with Gasteiger partial charge in [-0.15, -0.1) is 0 Å². The third-order valence-corrected chi connectivity index (χ3v) is 6.62. The van der Waals surface area contributed by atoms with Gasteiger partial charge in [0.25, 0.3) is 0 Å². The Balaban J connectivity index is 1.51. The highest BCUT2D eigenvalue weighted by Gasteiger charge is 2.23. The average molecular weight is 515 g/mol. The highest BCUT2D eigenvalue weighted by Crippen LogP contribution is 2.51. The van der Waals surface area contributed by atoms with Crippen LogP contribution in [0.3, 0.4) is 0 Å². The fourth-order valence-electron chi connectivity index (χ4n) is 4.47. The van der Waals surface area contributed by atoms with Crippen LogP contribution in [-0.2, 0) is 0 Å². The van der Waals surface area contributed by atoms with Crippen LogP contribution in [0.25, 0.3) is 21.5 Å². The highest BCUT2D eigenvalue weighted by molar-refractivity contribution is 6.34. The van der Waals surface area contributed by atoms with E-state index in [0.717, 1.165) is 38.9 Å². The second-order valence-electron chi connectivity index (χ2n) is 8.27. The number of nitrogens with zero attached hydrogens (tertiary/aromatic N) is 1. The first-order chi connectivity index (χ1) is 17.6. The molecule has 0 fully saturated rings. The molecule has 0 atom stereocenters. The number of phenols is 1. The first kappa shape index (κ1) is 22.3. The predicted octanol–water partition coefficient (Wildman–Crippen LogP) is 8.28. The molecule has 1 heterocycles. The topological polar surface area (TPSA) is 77.9 Å². The largest absolute Gasteiger partial charge is 0.507 e. The van der Waals surface area contributed by atoms with Crippen LogP contribution in [0.2, 0.25) is 10.0 Å². The molecule has 0 spiro atoms. The standard InChI is InChI=1S/C28H20Cl2N4O2/c29-16-10-11-20(30)23(12-16)36-15-33-21-13-22(34-17-6-2-1-3-7-17)27-25-24(21)28(35)19-9-5-4-8-18(19)26(25)31-14-32-27/h1-14,33-35H,15H2,(H,31,32). The molecule has 0 saturated heterocycles. The van der Waals surface area contributed by atoms with Gasteiger partial charge < -0.3 is 25.8 Å². The van der Waals surface area contributed by atoms with Crippen molar-refractivity contribution < 1.29 is 9.84 Å². The second kappa shape index (κ2) is 9.15. The number of fused-ring (bicyclic) bond motifs is 2. The van der Waals surface area contributed by atoms with Gasteiger partial charge in [0.05, 0.1) is 39.5 Å². The van der Waals surface area contributed by atoms with Crippen LogP contribution in [0.15, 0.2) is 83.9 Å². The van der Waals surface area contributed by atoms with Crippen LogP contribution in [-0.4, -0.2) is 18.2 Å². The molecular weight excluding hydrogens is 495 g/mol. The number of aliphatic imine (C=N–C) groups is 1. The summed E-state index contributed by atoms with van der Waals surface area (Å²) in [4.78, 5) is 4.65. The van der Waals surface area contributed by atoms with E-state index in [2.05, 4.69) is 20.9 Å². The smallest absolute Gasteiger partial charge is 0.159 e. The van der Waals surface area contributed by atoms with E-state index in [9.17, 15) is 5.11 Å². The number of hydrogen-bond acceptors (Lipinski definition) is 6. The van der Waals surface area contributed by atoms with Gasteiger partial charge >= 0.3 is 0 Å². The normalized spacial score (nSPS) is 11.9. The monoisotopic (exact) mass is 514 g/mol. The molecule has 0 unspecified atom stereocenters. The number of anilines is 4. The summed E-state index contributed by atoms with van der Waals surface area (Å²) in [6, 6.07) is 24.6. The fourth-order valence-corrected chi connectivity index (χ4v) is 4.81. The molecule has 8 heteroatoms. The molecule has 0 aromatic heterocycles. The van der Waals surface area contributed by atoms with Crippen molar-refractivity contribution in [1.29, 1.82) is 0 Å². The quantitative estimate of drug-likeness (QED) is 0.135. The molecule has 6 rings (SSSR count). The number of nitrogens with one attached hydrogen (secondary N) is 3. The summed E-state index contributed by atoms with van der Waals surface area (Å²) in [7, 11) is 0. The number of para-hydroxylation sites is 1. The lowest BCUT2D eigenvalue weighted by atomic mass is 9.95. The molecule has 5 aromatic rings. The summed E-state index contributed by atoms with van der Waals surface area (Å²) < 4.78 is 5.88. The summed E-state index contributed by atoms with van der Waals surface area (Å²) >= 11 is 12.4. The zero-order chi connectivity index (χ0) is 24.6. The van der Waals surface area contributed by atoms with Gasteiger partial charge in [0.2, 0.25) is 0 Å². The van der Waals surface area contributed by atoms with E-state index in [4.69, 9.17) is 27.9 Å². The molecule has 6 nitrogen and oxygen atoms in total. The van der Waals surface area contributed by atoms with Crippen LogP contribution in [0, 0.1) is 0 Å². The van der Waals surface area contributed by atoms with E-state index in [1.54, 1.807) is 24.5 Å². The van der Waals surface area contributed by atoms with Crippen LogP contribution in [0.5, 0.6) is 11.5 Å². The van der Waals surface area contributed by atoms with E-state index in [0.29, 0.717) is 26.9 Å². The molecule has 178 valence electrons. The number of halogens is 2. The van der Waals surface area contributed by atoms with Crippen molar-refractivity contribution in [2.24, 2.45) is 4.99 Å². The summed E-state index contributed by atoms with van der Waals surface area (Å²) in [5.74, 6) is 0.627. The predicted molar refractivity (Wildman–Crippen MR) is 150 cm³/mol. The maximum absolute atomic E-state index is 11.4. The van der Waals surface area contributed by atoms with Gasteiger partial charge in [-0.05, 0) is 30.3 Å². The Morgan fingerprint density at radius 2 is 1.64 bits per heavy atom. The number of hydrogen-bond donors (Lipinski definition) is 4. The SMILES string of the molecule is Oc1c2ccccc2c2c3c(c(Nc4ccccc4)cc(NCOc4cc(Cl)ccc4Cl)c13)NC=N2. The molecule has 0 bridgehead atoms. The van der Waals surface area contributed by atoms with Gasteiger partial charge in [0.15, 0.2) is 6.73 Å². The second-order valence-corrected chi connectivity index (χ2v) is 9.12. The molecular formula is C28H20Cl2N4O2. The van der Waals surface area contributed by atoms with E-state index < -0.39 is 0 Å². The van der Waals surface area contributed by atoms with Crippen molar-refractivity contribution in [2.75, 3.05) is 22.7 Å². The lowest BCUT2D eigenvalue weighted by Crippen LogP contribution is -2.11. The van der Waals surface area contributed by atoms with Crippen molar-refractivity contribution in [1.82, 2.24) is 0 Å². The molecule has 1 aliphatic rings. The molecule has 0 amide bonds. The van der Waals surface area contributed by atoms with Crippen molar-refractivity contribution in [3.8, 4) is 11.5 Å². The zero-order valence-electron chi connectivity index (χ0n) is 18.8. The van der Waals surface area contributed by atoms with Crippen molar-refractivity contribution in [3.05, 3.63) is 88.9 Å². The van der Waals surface area contributed by atoms with E-state index >= 15 is 0 Å². The summed E-state index contributed by atoms with van der Waals surface area (Å²) in [6.45, 7) is 0.0948. The third-order valence-electron chi connectivity index (χ3n) is 6.08. The van der Waals surface area contributed by atoms with Gasteiger partial charge in [-0.2, -0.15) is 0 Å². The minimum absolute atomic E-state index is 0.0948. The lowest BCUT2D eigenvalue weighted by Gasteiger charge is -2.24. The molecule has 0 aliphatic carbocycles. The number of benzene rings is 5. The Labute approximate surface area is 217 Å². The van der Waals surface area contributed by atoms with Gasteiger partial charge in [0.1, 0.15) is 11.5 Å². The van der Waals surface area contributed by atoms with E-state index in [1.165, 1.54) is 0 Å². The summed E-state index contributed by atoms with van der Waals surface area (Å²) in [5, 5.41) is 25.5. The van der Waals surface area contributed by atoms with Crippen molar-refractivity contribution in [2.45, 2.75) is 0 Å². The number of ether oxygens (including phenoxy) is 1. The first-order valence-electron chi connectivity index (χ1n) is 11.3. The maximum atomic E-state index is 11.4. The summed E-state index contributed by atoms with van der Waals surface area (Å²) in [6.07, 6.45) is 1.67. The van der Waals surface area contributed by atoms with Crippen molar-refractivity contribution in [3.63, 3.8) is 0 Å². The minimum atomic E-state index is 0.0948. The Hall–Kier alpha value is -4.13. The third kappa shape index (κ3) is 3.90. The zero-order valence-corrected chi connectivity index (χ0v) is 20.4. The van der Waals surface area contributed by atoms with Crippen LogP contribution >= 0.6 is 23.2 Å². The molecule has 1 aliphatic heterocycles. The lowest BCUT2D eigenvalue weighted by molar-refractivity contribution is 0.347. The average Bonchev–Trinajstić information content (AvgIpc) is 2.90. The molecule has 0 radical (unpaired) electrons. The molecule has 36 heavy (non-hydrogen) atoms. The Morgan fingerprint density at radius 1 is 0.861 bits per heavy atom. The first-order valence-corrected chi connectivity index (χ1v) is 12.0. The van der Waals surface area contributed by atoms with Crippen LogP contribution in [0.4, 0.5) is 28.4 Å². The van der Waals surface area contributed by atoms with E-state index in [1.807, 2.05) is 60.7 Å². The highest BCUT2D eigenvalue weighted by atomic mass is 35.5.